The summed E-state index contributed by atoms with van der Waals surface area (Å²) >= 11 is 34.5. The number of terminal acetylenes is 1. The van der Waals surface area contributed by atoms with Gasteiger partial charge in [-0.15, -0.1) is 62.8 Å². The maximum atomic E-state index is 12.3. The van der Waals surface area contributed by atoms with Crippen molar-refractivity contribution in [1.29, 1.82) is 10.7 Å². The largest absolute Gasteiger partial charge is 0.573 e. The van der Waals surface area contributed by atoms with Gasteiger partial charge in [0, 0.05) is 65.6 Å². The first-order chi connectivity index (χ1) is 43.3. The molecular formula is C56H51Cl5F9N11O10S2. The van der Waals surface area contributed by atoms with Crippen LogP contribution in [0.3, 0.4) is 0 Å². The van der Waals surface area contributed by atoms with Gasteiger partial charge in [-0.1, -0.05) is 70.2 Å². The number of halogens is 14. The smallest absolute Gasteiger partial charge is 0.497 e. The molecule has 2 heterocycles. The molecule has 5 aromatic carbocycles. The van der Waals surface area contributed by atoms with E-state index in [4.69, 9.17) is 99.8 Å². The number of thiocarbonyl (C=S) groups is 1. The minimum atomic E-state index is -4.84. The molecule has 0 aliphatic rings. The van der Waals surface area contributed by atoms with Crippen LogP contribution in [0.15, 0.2) is 110 Å². The molecule has 7 N–H and O–H groups in total. The third kappa shape index (κ3) is 36.8. The van der Waals surface area contributed by atoms with Crippen molar-refractivity contribution >= 4 is 117 Å². The monoisotopic (exact) mass is 1450 g/mol. The quantitative estimate of drug-likeness (QED) is 0.00549. The second-order valence-corrected chi connectivity index (χ2v) is 20.4. The Hall–Kier alpha value is -8.73. The van der Waals surface area contributed by atoms with Crippen molar-refractivity contribution in [3.05, 3.63) is 152 Å². The number of nitriles is 1. The van der Waals surface area contributed by atoms with Crippen LogP contribution in [0.2, 0.25) is 25.1 Å². The van der Waals surface area contributed by atoms with Crippen molar-refractivity contribution in [2.75, 3.05) is 20.5 Å². The van der Waals surface area contributed by atoms with Gasteiger partial charge in [0.25, 0.3) is 0 Å². The van der Waals surface area contributed by atoms with Crippen molar-refractivity contribution in [2.24, 2.45) is 11.6 Å². The minimum absolute atomic E-state index is 0.0316. The molecule has 500 valence electrons. The summed E-state index contributed by atoms with van der Waals surface area (Å²) in [5.74, 6) is 5.45. The normalized spacial score (nSPS) is 10.5. The fourth-order valence-corrected chi connectivity index (χ4v) is 7.43. The molecule has 0 saturated carbocycles. The molecule has 0 bridgehead atoms. The van der Waals surface area contributed by atoms with E-state index in [1.807, 2.05) is 18.2 Å². The molecule has 21 nitrogen and oxygen atoms in total. The Morgan fingerprint density at radius 3 is 1.57 bits per heavy atom. The summed E-state index contributed by atoms with van der Waals surface area (Å²) < 4.78 is 141. The van der Waals surface area contributed by atoms with Crippen LogP contribution in [0.5, 0.6) is 28.7 Å². The van der Waals surface area contributed by atoms with Crippen LogP contribution >= 0.6 is 82.0 Å². The predicted molar refractivity (Wildman–Crippen MR) is 336 cm³/mol. The number of esters is 2. The molecule has 0 unspecified atom stereocenters. The summed E-state index contributed by atoms with van der Waals surface area (Å²) in [7, 11) is 3.12. The number of H-pyrrole nitrogens is 1. The van der Waals surface area contributed by atoms with Gasteiger partial charge in [0.2, 0.25) is 6.41 Å². The van der Waals surface area contributed by atoms with Crippen molar-refractivity contribution in [1.82, 2.24) is 35.4 Å². The van der Waals surface area contributed by atoms with Crippen LogP contribution in [0.25, 0.3) is 29.0 Å². The van der Waals surface area contributed by atoms with Crippen molar-refractivity contribution in [3.8, 4) is 69.9 Å². The van der Waals surface area contributed by atoms with Gasteiger partial charge in [0.15, 0.2) is 11.6 Å². The second-order valence-electron chi connectivity index (χ2n) is 17.0. The number of alkyl halides is 9. The SMILES string of the molecule is C#CC(=O)OC(C)C.CC(C)OC(=O)/C=C\n1cnc(-c2cc(Cl)cc(OC(F)(F)F)c2)n1.COc1cc(Cl)cc(C#N)c1.COc1cc(Cl)cc(C(=N)SC)c1.FC(F)(F)Oc1cc(Cl)cc(-c2ncn[nH]2)c1.NC(=S)c1cc(Cl)cc(OC(F)(F)F)c1.NNC=O. The topological polar surface area (TPSA) is 300 Å². The van der Waals surface area contributed by atoms with E-state index in [1.165, 1.54) is 66.7 Å². The lowest BCUT2D eigenvalue weighted by molar-refractivity contribution is -0.275. The highest BCUT2D eigenvalue weighted by Crippen LogP contribution is 2.33. The summed E-state index contributed by atoms with van der Waals surface area (Å²) in [5.41, 5.74) is 9.10. The Labute approximate surface area is 559 Å². The first kappa shape index (κ1) is 82.3. The summed E-state index contributed by atoms with van der Waals surface area (Å²) in [4.78, 5) is 38.2. The molecule has 0 saturated heterocycles. The summed E-state index contributed by atoms with van der Waals surface area (Å²) in [6.45, 7) is 6.91. The lowest BCUT2D eigenvalue weighted by Gasteiger charge is -2.10. The predicted octanol–water partition coefficient (Wildman–Crippen LogP) is 14.3. The van der Waals surface area contributed by atoms with Gasteiger partial charge in [-0.3, -0.25) is 20.7 Å². The average Bonchev–Trinajstić information content (AvgIpc) is 1.91. The first-order valence-corrected chi connectivity index (χ1v) is 28.3. The molecular weight excluding hydrogens is 1400 g/mol. The second kappa shape index (κ2) is 41.0. The molecule has 7 aromatic rings. The molecule has 0 aliphatic heterocycles. The fraction of sp³-hybridized carbons (Fsp3) is 0.214. The van der Waals surface area contributed by atoms with Gasteiger partial charge in [-0.05, 0) is 125 Å². The highest BCUT2D eigenvalue weighted by Gasteiger charge is 2.33. The third-order valence-corrected chi connectivity index (χ3v) is 11.1. The minimum Gasteiger partial charge on any atom is -0.497 e. The highest BCUT2D eigenvalue weighted by molar-refractivity contribution is 8.13. The number of aromatic amines is 1. The maximum Gasteiger partial charge on any atom is 0.573 e. The number of hydrogen-bond donors (Lipinski definition) is 5. The Bertz CT molecular complexity index is 3690. The fourth-order valence-electron chi connectivity index (χ4n) is 5.83. The number of nitrogens with one attached hydrogen (secondary N) is 3. The van der Waals surface area contributed by atoms with E-state index in [2.05, 4.69) is 62.3 Å². The van der Waals surface area contributed by atoms with Gasteiger partial charge in [0.1, 0.15) is 46.4 Å². The highest BCUT2D eigenvalue weighted by atomic mass is 35.5. The number of hydrogen-bond acceptors (Lipinski definition) is 19. The van der Waals surface area contributed by atoms with Gasteiger partial charge >= 0.3 is 31.0 Å². The zero-order valence-electron chi connectivity index (χ0n) is 48.8. The van der Waals surface area contributed by atoms with E-state index in [1.54, 1.807) is 76.6 Å². The van der Waals surface area contributed by atoms with E-state index in [0.29, 0.717) is 49.9 Å². The first-order valence-electron chi connectivity index (χ1n) is 24.8. The zero-order valence-corrected chi connectivity index (χ0v) is 54.2. The zero-order chi connectivity index (χ0) is 70.8. The molecule has 1 amide bonds. The number of ether oxygens (including phenoxy) is 7. The third-order valence-electron chi connectivity index (χ3n) is 9.11. The number of nitrogens with zero attached hydrogens (tertiary/aromatic N) is 6. The van der Waals surface area contributed by atoms with Crippen molar-refractivity contribution < 1.29 is 87.1 Å². The molecule has 0 aliphatic carbocycles. The number of carbonyl (C=O) groups is 3. The molecule has 37 heteroatoms. The van der Waals surface area contributed by atoms with E-state index in [0.717, 1.165) is 42.0 Å². The number of carbonyl (C=O) groups excluding carboxylic acids is 3. The maximum absolute atomic E-state index is 12.3. The van der Waals surface area contributed by atoms with Crippen LogP contribution in [0, 0.1) is 29.1 Å². The Morgan fingerprint density at radius 2 is 1.15 bits per heavy atom. The van der Waals surface area contributed by atoms with Crippen LogP contribution in [-0.4, -0.2) is 110 Å². The Kier molecular flexibility index (Phi) is 36.3. The lowest BCUT2D eigenvalue weighted by Crippen LogP contribution is -2.18. The van der Waals surface area contributed by atoms with Gasteiger partial charge in [-0.25, -0.2) is 30.1 Å². The number of amides is 1. The van der Waals surface area contributed by atoms with E-state index < -0.39 is 48.3 Å². The number of methoxy groups -OCH3 is 2. The standard InChI is InChI=1S/C15H13ClF3N3O3.C9H5ClF3N3O.C9H10ClNOS.C8H5ClF3NOS.C8H6ClNO.C6H8O2.CH4N2O/c1-9(2)24-13(23)3-4-22-8-20-14(21-22)10-5-11(16)7-12(6-10)25-15(17,18)19;10-6-1-5(8-14-4-15-16-8)2-7(3-6)17-9(11,12)13;1-12-8-4-6(9(11)13-2)3-7(10)5-8;9-5-1-4(7(13)15)2-6(3-5)14-8(10,11)12;1-11-8-3-6(5-10)2-7(9)4-8;1-4-6(7)8-5(2)3;2-3-1-4/h3-9H,1-2H3;1-4H,(H,14,15,16);3-5,11H,1-2H3;1-3H,(H2,13,15);2-4H,1H3;1,5H,2-3H3;1H,2H2,(H,3,4)/b4-3-;;;;;;. The summed E-state index contributed by atoms with van der Waals surface area (Å²) in [6.07, 6.45) is -2.82. The van der Waals surface area contributed by atoms with Gasteiger partial charge in [-0.2, -0.15) is 10.4 Å². The number of thioether (sulfide) groups is 1. The summed E-state index contributed by atoms with van der Waals surface area (Å²) in [5, 5.41) is 28.0. The Morgan fingerprint density at radius 1 is 0.710 bits per heavy atom. The van der Waals surface area contributed by atoms with E-state index in [9.17, 15) is 49.1 Å². The van der Waals surface area contributed by atoms with Crippen molar-refractivity contribution in [2.45, 2.75) is 59.0 Å². The van der Waals surface area contributed by atoms with Crippen LogP contribution in [0.1, 0.15) is 44.4 Å². The van der Waals surface area contributed by atoms with E-state index >= 15 is 0 Å². The average molecular weight is 1450 g/mol. The van der Waals surface area contributed by atoms with Gasteiger partial charge < -0.3 is 38.9 Å². The summed E-state index contributed by atoms with van der Waals surface area (Å²) in [6, 6.07) is 22.8. The van der Waals surface area contributed by atoms with Crippen LogP contribution in [0.4, 0.5) is 39.5 Å². The molecule has 2 aromatic heterocycles. The molecule has 0 fully saturated rings. The van der Waals surface area contributed by atoms with E-state index in [-0.39, 0.29) is 49.2 Å². The number of aromatic nitrogens is 6. The molecule has 93 heavy (non-hydrogen) atoms. The molecule has 0 atom stereocenters. The molecule has 7 rings (SSSR count). The van der Waals surface area contributed by atoms with Crippen LogP contribution < -0.4 is 40.7 Å². The number of hydrazine groups is 1. The Balaban J connectivity index is 0.000000569. The number of benzene rings is 5. The molecule has 0 radical (unpaired) electrons. The number of rotatable bonds is 14. The lowest BCUT2D eigenvalue weighted by atomic mass is 10.2. The van der Waals surface area contributed by atoms with Crippen LogP contribution in [-0.2, 0) is 23.9 Å². The molecule has 0 spiro atoms. The van der Waals surface area contributed by atoms with Crippen molar-refractivity contribution in [3.63, 3.8) is 0 Å². The number of nitrogens with two attached hydrogens (primary N) is 2. The van der Waals surface area contributed by atoms with Gasteiger partial charge in [0.05, 0.1) is 43.1 Å².